The van der Waals surface area contributed by atoms with E-state index < -0.39 is 15.1 Å². The summed E-state index contributed by atoms with van der Waals surface area (Å²) in [5.41, 5.74) is 1.15. The van der Waals surface area contributed by atoms with Crippen LogP contribution in [0, 0.1) is 5.82 Å². The summed E-state index contributed by atoms with van der Waals surface area (Å²) in [5, 5.41) is 3.43. The lowest BCUT2D eigenvalue weighted by Crippen LogP contribution is -2.32. The van der Waals surface area contributed by atoms with E-state index in [9.17, 15) is 17.6 Å². The molecule has 2 heterocycles. The summed E-state index contributed by atoms with van der Waals surface area (Å²) in [6, 6.07) is 12.2. The van der Waals surface area contributed by atoms with Gasteiger partial charge in [-0.25, -0.2) is 12.8 Å². The number of sulfone groups is 1. The van der Waals surface area contributed by atoms with Crippen LogP contribution in [0.3, 0.4) is 0 Å². The molecule has 0 radical (unpaired) electrons. The number of nitrogens with zero attached hydrogens (tertiary/aromatic N) is 1. The first-order valence-corrected chi connectivity index (χ1v) is 10.6. The molecule has 140 valence electrons. The van der Waals surface area contributed by atoms with Gasteiger partial charge in [-0.15, -0.1) is 11.3 Å². The number of aromatic nitrogens is 1. The largest absolute Gasteiger partial charge is 0.354 e. The van der Waals surface area contributed by atoms with Gasteiger partial charge < -0.3 is 5.32 Å². The zero-order valence-corrected chi connectivity index (χ0v) is 15.8. The number of benzene rings is 1. The van der Waals surface area contributed by atoms with E-state index in [-0.39, 0.29) is 28.9 Å². The highest BCUT2D eigenvalue weighted by Crippen LogP contribution is 2.30. The molecule has 0 unspecified atom stereocenters. The number of hydrogen-bond acceptors (Lipinski definition) is 5. The molecule has 0 aliphatic carbocycles. The highest BCUT2D eigenvalue weighted by Gasteiger charge is 2.30. The summed E-state index contributed by atoms with van der Waals surface area (Å²) in [7, 11) is -3.67. The molecule has 0 saturated carbocycles. The lowest BCUT2D eigenvalue weighted by molar-refractivity contribution is -0.120. The molecular formula is C19H17FN2O3S2. The molecule has 0 fully saturated rings. The summed E-state index contributed by atoms with van der Waals surface area (Å²) < 4.78 is 39.2. The topological polar surface area (TPSA) is 76.1 Å². The van der Waals surface area contributed by atoms with Crippen LogP contribution < -0.4 is 5.32 Å². The van der Waals surface area contributed by atoms with Gasteiger partial charge in [-0.1, -0.05) is 24.3 Å². The fraction of sp³-hybridized carbons (Fsp3) is 0.158. The monoisotopic (exact) mass is 404 g/mol. The molecule has 0 aliphatic rings. The van der Waals surface area contributed by atoms with E-state index in [1.165, 1.54) is 30.5 Å². The van der Waals surface area contributed by atoms with E-state index >= 15 is 0 Å². The van der Waals surface area contributed by atoms with Gasteiger partial charge in [-0.05, 0) is 40.8 Å². The molecule has 0 bridgehead atoms. The van der Waals surface area contributed by atoms with E-state index in [0.717, 1.165) is 11.3 Å². The van der Waals surface area contributed by atoms with Gasteiger partial charge in [0.1, 0.15) is 15.3 Å². The van der Waals surface area contributed by atoms with Gasteiger partial charge >= 0.3 is 0 Å². The fourth-order valence-corrected chi connectivity index (χ4v) is 5.44. The predicted octanol–water partition coefficient (Wildman–Crippen LogP) is 3.16. The number of carbonyl (C=O) groups is 1. The Labute approximate surface area is 160 Å². The molecule has 2 aromatic heterocycles. The molecule has 8 heteroatoms. The lowest BCUT2D eigenvalue weighted by Gasteiger charge is -2.18. The predicted molar refractivity (Wildman–Crippen MR) is 102 cm³/mol. The summed E-state index contributed by atoms with van der Waals surface area (Å²) in [6.45, 7) is -0.0774. The fourth-order valence-electron chi connectivity index (χ4n) is 2.60. The lowest BCUT2D eigenvalue weighted by atomic mass is 10.1. The average Bonchev–Trinajstić information content (AvgIpc) is 3.20. The molecule has 0 saturated heterocycles. The van der Waals surface area contributed by atoms with Crippen molar-refractivity contribution in [2.24, 2.45) is 0 Å². The minimum atomic E-state index is -3.67. The van der Waals surface area contributed by atoms with Crippen LogP contribution in [0.25, 0.3) is 0 Å². The van der Waals surface area contributed by atoms with Crippen LogP contribution in [-0.2, 0) is 21.1 Å². The Morgan fingerprint density at radius 3 is 2.56 bits per heavy atom. The Bertz CT molecular complexity index is 989. The van der Waals surface area contributed by atoms with Gasteiger partial charge in [0.2, 0.25) is 5.91 Å². The molecule has 27 heavy (non-hydrogen) atoms. The Hall–Kier alpha value is -2.58. The molecule has 1 aromatic carbocycles. The number of carbonyl (C=O) groups excluding carboxylic acids is 1. The maximum atomic E-state index is 13.0. The van der Waals surface area contributed by atoms with Crippen molar-refractivity contribution in [1.29, 1.82) is 0 Å². The van der Waals surface area contributed by atoms with Crippen molar-refractivity contribution < 1.29 is 17.6 Å². The molecule has 1 atom stereocenters. The number of hydrogen-bond donors (Lipinski definition) is 1. The van der Waals surface area contributed by atoms with Gasteiger partial charge in [0, 0.05) is 18.9 Å². The molecule has 3 aromatic rings. The number of rotatable bonds is 7. The van der Waals surface area contributed by atoms with Crippen molar-refractivity contribution in [2.45, 2.75) is 15.9 Å². The first-order chi connectivity index (χ1) is 13.0. The summed E-state index contributed by atoms with van der Waals surface area (Å²) in [5.74, 6) is -0.713. The van der Waals surface area contributed by atoms with E-state index in [1.54, 1.807) is 35.8 Å². The SMILES string of the molecule is O=C(Cc1ccc(F)cc1)NC[C@@H](c1cccnc1)S(=O)(=O)c1cccs1. The van der Waals surface area contributed by atoms with Crippen LogP contribution in [0.5, 0.6) is 0 Å². The second-order valence-electron chi connectivity index (χ2n) is 5.86. The maximum absolute atomic E-state index is 13.0. The maximum Gasteiger partial charge on any atom is 0.224 e. The zero-order chi connectivity index (χ0) is 19.3. The van der Waals surface area contributed by atoms with Crippen LogP contribution in [0.15, 0.2) is 70.5 Å². The summed E-state index contributed by atoms with van der Waals surface area (Å²) in [6.07, 6.45) is 3.09. The van der Waals surface area contributed by atoms with E-state index in [2.05, 4.69) is 10.3 Å². The third-order valence-corrected chi connectivity index (χ3v) is 7.50. The Morgan fingerprint density at radius 2 is 1.93 bits per heavy atom. The highest BCUT2D eigenvalue weighted by molar-refractivity contribution is 7.93. The third kappa shape index (κ3) is 4.78. The zero-order valence-electron chi connectivity index (χ0n) is 14.2. The van der Waals surface area contributed by atoms with Crippen molar-refractivity contribution in [2.75, 3.05) is 6.54 Å². The van der Waals surface area contributed by atoms with Crippen molar-refractivity contribution in [1.82, 2.24) is 10.3 Å². The molecule has 3 rings (SSSR count). The van der Waals surface area contributed by atoms with E-state index in [1.807, 2.05) is 0 Å². The van der Waals surface area contributed by atoms with Gasteiger partial charge in [-0.3, -0.25) is 9.78 Å². The first-order valence-electron chi connectivity index (χ1n) is 8.15. The Kier molecular flexibility index (Phi) is 5.98. The average molecular weight is 404 g/mol. The van der Waals surface area contributed by atoms with Crippen LogP contribution in [0.2, 0.25) is 0 Å². The molecule has 1 N–H and O–H groups in total. The quantitative estimate of drug-likeness (QED) is 0.656. The number of amides is 1. The van der Waals surface area contributed by atoms with Crippen LogP contribution >= 0.6 is 11.3 Å². The smallest absolute Gasteiger partial charge is 0.224 e. The minimum absolute atomic E-state index is 0.0408. The normalized spacial score (nSPS) is 12.5. The van der Waals surface area contributed by atoms with Crippen LogP contribution in [0.1, 0.15) is 16.4 Å². The minimum Gasteiger partial charge on any atom is -0.354 e. The highest BCUT2D eigenvalue weighted by atomic mass is 32.2. The molecule has 5 nitrogen and oxygen atoms in total. The second kappa shape index (κ2) is 8.41. The van der Waals surface area contributed by atoms with Crippen molar-refractivity contribution in [3.05, 3.63) is 83.2 Å². The number of thiophene rings is 1. The summed E-state index contributed by atoms with van der Waals surface area (Å²) >= 11 is 1.13. The third-order valence-electron chi connectivity index (χ3n) is 3.97. The first kappa shape index (κ1) is 19.2. The van der Waals surface area contributed by atoms with Crippen molar-refractivity contribution in [3.63, 3.8) is 0 Å². The molecular weight excluding hydrogens is 387 g/mol. The molecule has 0 spiro atoms. The standard InChI is InChI=1S/C19H17FN2O3S2/c20-16-7-5-14(6-8-16)11-18(23)22-13-17(15-3-1-9-21-12-15)27(24,25)19-4-2-10-26-19/h1-10,12,17H,11,13H2,(H,22,23)/t17-/m0/s1. The van der Waals surface area contributed by atoms with E-state index in [4.69, 9.17) is 0 Å². The van der Waals surface area contributed by atoms with Crippen LogP contribution in [-0.4, -0.2) is 25.9 Å². The van der Waals surface area contributed by atoms with Crippen molar-refractivity contribution in [3.8, 4) is 0 Å². The van der Waals surface area contributed by atoms with E-state index in [0.29, 0.717) is 11.1 Å². The molecule has 0 aliphatic heterocycles. The second-order valence-corrected chi connectivity index (χ2v) is 9.16. The van der Waals surface area contributed by atoms with Crippen LogP contribution in [0.4, 0.5) is 4.39 Å². The Morgan fingerprint density at radius 1 is 1.15 bits per heavy atom. The Balaban J connectivity index is 1.76. The van der Waals surface area contributed by atoms with Gasteiger partial charge in [-0.2, -0.15) is 0 Å². The number of pyridine rings is 1. The molecule has 1 amide bonds. The van der Waals surface area contributed by atoms with Gasteiger partial charge in [0.15, 0.2) is 9.84 Å². The van der Waals surface area contributed by atoms with Gasteiger partial charge in [0.25, 0.3) is 0 Å². The van der Waals surface area contributed by atoms with Crippen molar-refractivity contribution >= 4 is 27.1 Å². The summed E-state index contributed by atoms with van der Waals surface area (Å²) in [4.78, 5) is 16.2. The number of nitrogens with one attached hydrogen (secondary N) is 1. The van der Waals surface area contributed by atoms with Gasteiger partial charge in [0.05, 0.1) is 6.42 Å². The number of halogens is 1.